The first-order chi connectivity index (χ1) is 8.24. The molecule has 0 aromatic heterocycles. The first-order valence-electron chi connectivity index (χ1n) is 5.63. The van der Waals surface area contributed by atoms with Gasteiger partial charge < -0.3 is 14.6 Å². The molecule has 0 spiro atoms. The van der Waals surface area contributed by atoms with Gasteiger partial charge in [-0.05, 0) is 19.8 Å². The summed E-state index contributed by atoms with van der Waals surface area (Å²) in [5.74, 6) is -1.25. The summed E-state index contributed by atoms with van der Waals surface area (Å²) in [4.78, 5) is 13.3. The van der Waals surface area contributed by atoms with E-state index in [1.54, 1.807) is 11.6 Å². The molecule has 0 bridgehead atoms. The highest BCUT2D eigenvalue weighted by Crippen LogP contribution is 2.23. The lowest BCUT2D eigenvalue weighted by Crippen LogP contribution is -2.52. The summed E-state index contributed by atoms with van der Waals surface area (Å²) in [6.07, 6.45) is 0.558. The van der Waals surface area contributed by atoms with Crippen LogP contribution in [0.25, 0.3) is 0 Å². The zero-order chi connectivity index (χ0) is 13.9. The Morgan fingerprint density at radius 1 is 1.50 bits per heavy atom. The molecule has 1 heterocycles. The lowest BCUT2D eigenvalue weighted by molar-refractivity contribution is -0.150. The number of hydrogen-bond donors (Lipinski definition) is 1. The Bertz CT molecular complexity index is 398. The van der Waals surface area contributed by atoms with Crippen molar-refractivity contribution < 1.29 is 27.2 Å². The molecule has 1 fully saturated rings. The SMILES string of the molecule is COC(=O)C1CN(B(C)O)CCC1OS(C)(=O)=O. The third-order valence-corrected chi connectivity index (χ3v) is 3.51. The number of hydrogen-bond acceptors (Lipinski definition) is 7. The first kappa shape index (κ1) is 15.4. The lowest BCUT2D eigenvalue weighted by Gasteiger charge is -2.36. The smallest absolute Gasteiger partial charge is 0.376 e. The molecule has 1 aliphatic rings. The largest absolute Gasteiger partial charge is 0.469 e. The minimum atomic E-state index is -3.62. The van der Waals surface area contributed by atoms with Crippen molar-refractivity contribution in [1.29, 1.82) is 0 Å². The summed E-state index contributed by atoms with van der Waals surface area (Å²) in [7, 11) is -3.09. The lowest BCUT2D eigenvalue weighted by atomic mass is 9.80. The molecule has 0 radical (unpaired) electrons. The highest BCUT2D eigenvalue weighted by Gasteiger charge is 2.39. The standard InChI is InChI=1S/C9H18BNO6S/c1-10(13)11-5-4-8(17-18(3,14)15)7(6-11)9(12)16-2/h7-8,13H,4-6H2,1-3H3. The molecule has 2 atom stereocenters. The number of carbonyl (C=O) groups excluding carboxylic acids is 1. The number of piperidine rings is 1. The van der Waals surface area contributed by atoms with Crippen LogP contribution in [0.3, 0.4) is 0 Å². The molecular formula is C9H18BNO6S. The van der Waals surface area contributed by atoms with Gasteiger partial charge in [0, 0.05) is 6.54 Å². The molecule has 0 aromatic rings. The number of nitrogens with zero attached hydrogens (tertiary/aromatic N) is 1. The Labute approximate surface area is 107 Å². The average molecular weight is 279 g/mol. The fraction of sp³-hybridized carbons (Fsp3) is 0.889. The zero-order valence-electron chi connectivity index (χ0n) is 10.7. The molecule has 1 N–H and O–H groups in total. The number of esters is 1. The maximum Gasteiger partial charge on any atom is 0.376 e. The highest BCUT2D eigenvalue weighted by molar-refractivity contribution is 7.86. The topological polar surface area (TPSA) is 93.1 Å². The van der Waals surface area contributed by atoms with Crippen molar-refractivity contribution in [3.63, 3.8) is 0 Å². The van der Waals surface area contributed by atoms with Crippen LogP contribution in [0.15, 0.2) is 0 Å². The van der Waals surface area contributed by atoms with Gasteiger partial charge in [0.25, 0.3) is 10.1 Å². The molecule has 1 aliphatic heterocycles. The number of ether oxygens (including phenoxy) is 1. The second-order valence-corrected chi connectivity index (χ2v) is 5.98. The molecule has 18 heavy (non-hydrogen) atoms. The summed E-state index contributed by atoms with van der Waals surface area (Å²) in [6, 6.07) is 0. The summed E-state index contributed by atoms with van der Waals surface area (Å²) in [6.45, 7) is 2.27. The van der Waals surface area contributed by atoms with Gasteiger partial charge in [0.1, 0.15) is 0 Å². The Hall–Kier alpha value is -0.635. The van der Waals surface area contributed by atoms with Crippen LogP contribution in [0, 0.1) is 5.92 Å². The summed E-state index contributed by atoms with van der Waals surface area (Å²) >= 11 is 0. The van der Waals surface area contributed by atoms with Crippen molar-refractivity contribution >= 4 is 23.1 Å². The van der Waals surface area contributed by atoms with E-state index in [1.807, 2.05) is 0 Å². The van der Waals surface area contributed by atoms with Gasteiger partial charge in [0.2, 0.25) is 0 Å². The van der Waals surface area contributed by atoms with E-state index in [4.69, 9.17) is 4.18 Å². The van der Waals surface area contributed by atoms with Crippen LogP contribution < -0.4 is 0 Å². The van der Waals surface area contributed by atoms with Crippen molar-refractivity contribution in [1.82, 2.24) is 4.81 Å². The minimum Gasteiger partial charge on any atom is -0.469 e. The molecule has 2 unspecified atom stereocenters. The van der Waals surface area contributed by atoms with Gasteiger partial charge in [0.05, 0.1) is 25.4 Å². The monoisotopic (exact) mass is 279 g/mol. The van der Waals surface area contributed by atoms with E-state index < -0.39 is 35.2 Å². The van der Waals surface area contributed by atoms with Crippen LogP contribution in [0.4, 0.5) is 0 Å². The fourth-order valence-corrected chi connectivity index (χ4v) is 2.69. The van der Waals surface area contributed by atoms with E-state index in [1.165, 1.54) is 7.11 Å². The molecule has 0 aromatic carbocycles. The van der Waals surface area contributed by atoms with E-state index >= 15 is 0 Å². The molecule has 0 aliphatic carbocycles. The molecule has 104 valence electrons. The second kappa shape index (κ2) is 6.00. The van der Waals surface area contributed by atoms with Crippen LogP contribution in [0.2, 0.25) is 6.82 Å². The third kappa shape index (κ3) is 4.23. The van der Waals surface area contributed by atoms with Crippen molar-refractivity contribution in [2.75, 3.05) is 26.5 Å². The van der Waals surface area contributed by atoms with Crippen molar-refractivity contribution in [2.24, 2.45) is 5.92 Å². The Morgan fingerprint density at radius 3 is 2.56 bits per heavy atom. The van der Waals surface area contributed by atoms with Crippen LogP contribution in [-0.2, 0) is 23.8 Å². The number of rotatable bonds is 4. The normalized spacial score (nSPS) is 25.8. The van der Waals surface area contributed by atoms with Crippen LogP contribution in [0.5, 0.6) is 0 Å². The van der Waals surface area contributed by atoms with Crippen molar-refractivity contribution in [2.45, 2.75) is 19.3 Å². The van der Waals surface area contributed by atoms with Gasteiger partial charge in [-0.1, -0.05) is 0 Å². The predicted molar refractivity (Wildman–Crippen MR) is 65.2 cm³/mol. The predicted octanol–water partition coefficient (Wildman–Crippen LogP) is -1.06. The third-order valence-electron chi connectivity index (χ3n) is 2.91. The average Bonchev–Trinajstić information content (AvgIpc) is 2.26. The van der Waals surface area contributed by atoms with Crippen LogP contribution in [0.1, 0.15) is 6.42 Å². The van der Waals surface area contributed by atoms with Gasteiger partial charge in [-0.15, -0.1) is 0 Å². The van der Waals surface area contributed by atoms with Gasteiger partial charge in [0.15, 0.2) is 0 Å². The van der Waals surface area contributed by atoms with E-state index in [0.29, 0.717) is 13.0 Å². The molecule has 9 heteroatoms. The molecule has 0 amide bonds. The zero-order valence-corrected chi connectivity index (χ0v) is 11.5. The van der Waals surface area contributed by atoms with Gasteiger partial charge in [-0.3, -0.25) is 8.98 Å². The Balaban J connectivity index is 2.81. The Morgan fingerprint density at radius 2 is 2.11 bits per heavy atom. The maximum absolute atomic E-state index is 11.6. The van der Waals surface area contributed by atoms with E-state index in [9.17, 15) is 18.2 Å². The minimum absolute atomic E-state index is 0.213. The molecule has 7 nitrogen and oxygen atoms in total. The maximum atomic E-state index is 11.6. The van der Waals surface area contributed by atoms with E-state index in [2.05, 4.69) is 4.74 Å². The molecule has 1 saturated heterocycles. The van der Waals surface area contributed by atoms with Crippen LogP contribution in [-0.4, -0.2) is 63.8 Å². The van der Waals surface area contributed by atoms with Crippen molar-refractivity contribution in [3.8, 4) is 0 Å². The quantitative estimate of drug-likeness (QED) is 0.398. The molecular weight excluding hydrogens is 261 g/mol. The molecule has 1 rings (SSSR count). The van der Waals surface area contributed by atoms with Crippen molar-refractivity contribution in [3.05, 3.63) is 0 Å². The first-order valence-corrected chi connectivity index (χ1v) is 7.44. The van der Waals surface area contributed by atoms with E-state index in [-0.39, 0.29) is 6.54 Å². The molecule has 0 saturated carbocycles. The van der Waals surface area contributed by atoms with Crippen LogP contribution >= 0.6 is 0 Å². The van der Waals surface area contributed by atoms with Gasteiger partial charge >= 0.3 is 13.0 Å². The summed E-state index contributed by atoms with van der Waals surface area (Å²) < 4.78 is 31.8. The fourth-order valence-electron chi connectivity index (χ4n) is 2.01. The van der Waals surface area contributed by atoms with Gasteiger partial charge in [-0.25, -0.2) is 0 Å². The number of methoxy groups -OCH3 is 1. The van der Waals surface area contributed by atoms with Gasteiger partial charge in [-0.2, -0.15) is 8.42 Å². The summed E-state index contributed by atoms with van der Waals surface area (Å²) in [5.41, 5.74) is 0. The number of carbonyl (C=O) groups is 1. The second-order valence-electron chi connectivity index (χ2n) is 4.38. The highest BCUT2D eigenvalue weighted by atomic mass is 32.2. The Kier molecular flexibility index (Phi) is 5.15. The summed E-state index contributed by atoms with van der Waals surface area (Å²) in [5, 5.41) is 9.48. The van der Waals surface area contributed by atoms with E-state index in [0.717, 1.165) is 6.26 Å².